The van der Waals surface area contributed by atoms with Gasteiger partial charge in [0, 0.05) is 23.5 Å². The van der Waals surface area contributed by atoms with Crippen LogP contribution in [0.2, 0.25) is 0 Å². The van der Waals surface area contributed by atoms with Crippen LogP contribution >= 0.6 is 0 Å². The summed E-state index contributed by atoms with van der Waals surface area (Å²) in [6, 6.07) is 2.56. The summed E-state index contributed by atoms with van der Waals surface area (Å²) in [5, 5.41) is 0.609. The van der Waals surface area contributed by atoms with Gasteiger partial charge in [-0.3, -0.25) is 4.79 Å². The van der Waals surface area contributed by atoms with Crippen LogP contribution in [0.15, 0.2) is 24.4 Å². The molecule has 1 heterocycles. The second kappa shape index (κ2) is 5.16. The summed E-state index contributed by atoms with van der Waals surface area (Å²) in [6.45, 7) is 0. The summed E-state index contributed by atoms with van der Waals surface area (Å²) in [5.41, 5.74) is 5.94. The highest BCUT2D eigenvalue weighted by atomic mass is 19.4. The van der Waals surface area contributed by atoms with Crippen LogP contribution in [0.4, 0.5) is 13.2 Å². The molecule has 3 N–H and O–H groups in total. The fraction of sp³-hybridized carbons (Fsp3) is 0.308. The largest absolute Gasteiger partial charge is 0.468 e. The zero-order valence-corrected chi connectivity index (χ0v) is 10.6. The number of nitrogens with two attached hydrogens (primary N) is 1. The van der Waals surface area contributed by atoms with Gasteiger partial charge in [0.2, 0.25) is 0 Å². The first-order valence-electron chi connectivity index (χ1n) is 5.83. The lowest BCUT2D eigenvalue weighted by Crippen LogP contribution is -2.33. The summed E-state index contributed by atoms with van der Waals surface area (Å²) < 4.78 is 42.3. The molecule has 1 unspecified atom stereocenters. The Kier molecular flexibility index (Phi) is 3.71. The van der Waals surface area contributed by atoms with Crippen molar-refractivity contribution in [1.29, 1.82) is 0 Å². The molecule has 2 rings (SSSR count). The molecular weight excluding hydrogens is 273 g/mol. The van der Waals surface area contributed by atoms with Crippen molar-refractivity contribution in [2.45, 2.75) is 18.6 Å². The zero-order valence-electron chi connectivity index (χ0n) is 10.6. The van der Waals surface area contributed by atoms with E-state index in [9.17, 15) is 18.0 Å². The van der Waals surface area contributed by atoms with Crippen molar-refractivity contribution < 1.29 is 22.7 Å². The average molecular weight is 286 g/mol. The Balaban J connectivity index is 2.32. The van der Waals surface area contributed by atoms with Crippen LogP contribution in [0.3, 0.4) is 0 Å². The number of alkyl halides is 3. The van der Waals surface area contributed by atoms with Gasteiger partial charge in [0.05, 0.1) is 12.7 Å². The number of fused-ring (bicyclic) bond motifs is 1. The zero-order chi connectivity index (χ0) is 14.9. The molecule has 20 heavy (non-hydrogen) atoms. The van der Waals surface area contributed by atoms with Gasteiger partial charge < -0.3 is 15.5 Å². The number of methoxy groups -OCH3 is 1. The number of H-pyrrole nitrogens is 1. The number of carbonyl (C=O) groups is 1. The number of esters is 1. The van der Waals surface area contributed by atoms with Gasteiger partial charge >= 0.3 is 12.1 Å². The fourth-order valence-corrected chi connectivity index (χ4v) is 2.00. The summed E-state index contributed by atoms with van der Waals surface area (Å²) in [4.78, 5) is 14.0. The predicted molar refractivity (Wildman–Crippen MR) is 67.0 cm³/mol. The van der Waals surface area contributed by atoms with Crippen molar-refractivity contribution in [2.24, 2.45) is 5.73 Å². The first kappa shape index (κ1) is 14.4. The first-order chi connectivity index (χ1) is 9.32. The van der Waals surface area contributed by atoms with E-state index in [4.69, 9.17) is 5.73 Å². The Morgan fingerprint density at radius 2 is 2.15 bits per heavy atom. The molecule has 1 atom stereocenters. The molecule has 1 aromatic carbocycles. The lowest BCUT2D eigenvalue weighted by Gasteiger charge is -2.09. The molecule has 1 aromatic heterocycles. The molecule has 4 nitrogen and oxygen atoms in total. The number of hydrogen-bond donors (Lipinski definition) is 2. The van der Waals surface area contributed by atoms with E-state index in [0.29, 0.717) is 16.5 Å². The molecule has 0 aliphatic heterocycles. The number of aromatic amines is 1. The molecule has 0 saturated heterocycles. The molecule has 0 spiro atoms. The van der Waals surface area contributed by atoms with Gasteiger partial charge in [-0.15, -0.1) is 0 Å². The van der Waals surface area contributed by atoms with Crippen LogP contribution in [-0.2, 0) is 22.1 Å². The van der Waals surface area contributed by atoms with Gasteiger partial charge in [-0.25, -0.2) is 0 Å². The van der Waals surface area contributed by atoms with Gasteiger partial charge in [-0.05, 0) is 17.7 Å². The number of aromatic nitrogens is 1. The second-order valence-corrected chi connectivity index (χ2v) is 4.41. The third kappa shape index (κ3) is 2.77. The van der Waals surface area contributed by atoms with E-state index < -0.39 is 23.8 Å². The van der Waals surface area contributed by atoms with E-state index in [-0.39, 0.29) is 6.42 Å². The number of halogens is 3. The maximum absolute atomic E-state index is 12.6. The molecule has 7 heteroatoms. The van der Waals surface area contributed by atoms with E-state index in [2.05, 4.69) is 9.72 Å². The maximum atomic E-state index is 12.6. The van der Waals surface area contributed by atoms with E-state index in [1.54, 1.807) is 6.20 Å². The van der Waals surface area contributed by atoms with Crippen molar-refractivity contribution >= 4 is 16.9 Å². The standard InChI is InChI=1S/C13H13F3N2O2/c1-20-12(19)10(17)4-7-6-18-11-5-8(13(14,15)16)2-3-9(7)11/h2-3,5-6,10,18H,4,17H2,1H3. The summed E-state index contributed by atoms with van der Waals surface area (Å²) in [6.07, 6.45) is -2.65. The van der Waals surface area contributed by atoms with Crippen molar-refractivity contribution in [3.63, 3.8) is 0 Å². The normalized spacial score (nSPS) is 13.4. The van der Waals surface area contributed by atoms with Gasteiger partial charge in [0.15, 0.2) is 0 Å². The summed E-state index contributed by atoms with van der Waals surface area (Å²) in [5.74, 6) is -0.564. The molecule has 0 bridgehead atoms. The van der Waals surface area contributed by atoms with Crippen LogP contribution in [0.25, 0.3) is 10.9 Å². The maximum Gasteiger partial charge on any atom is 0.416 e. The molecular formula is C13H13F3N2O2. The monoisotopic (exact) mass is 286 g/mol. The number of carbonyl (C=O) groups excluding carboxylic acids is 1. The molecule has 0 fully saturated rings. The lowest BCUT2D eigenvalue weighted by atomic mass is 10.0. The van der Waals surface area contributed by atoms with Crippen LogP contribution in [0.1, 0.15) is 11.1 Å². The SMILES string of the molecule is COC(=O)C(N)Cc1c[nH]c2cc(C(F)(F)F)ccc12. The molecule has 0 radical (unpaired) electrons. The van der Waals surface area contributed by atoms with Crippen molar-refractivity contribution in [3.8, 4) is 0 Å². The summed E-state index contributed by atoms with van der Waals surface area (Å²) >= 11 is 0. The highest BCUT2D eigenvalue weighted by molar-refractivity contribution is 5.85. The number of nitrogens with one attached hydrogen (secondary N) is 1. The number of ether oxygens (including phenoxy) is 1. The minimum absolute atomic E-state index is 0.192. The van der Waals surface area contributed by atoms with Crippen molar-refractivity contribution in [2.75, 3.05) is 7.11 Å². The van der Waals surface area contributed by atoms with Gasteiger partial charge in [0.1, 0.15) is 6.04 Å². The predicted octanol–water partition coefficient (Wildman–Crippen LogP) is 2.23. The Bertz CT molecular complexity index is 634. The first-order valence-corrected chi connectivity index (χ1v) is 5.83. The van der Waals surface area contributed by atoms with Crippen LogP contribution in [-0.4, -0.2) is 24.1 Å². The van der Waals surface area contributed by atoms with Crippen molar-refractivity contribution in [1.82, 2.24) is 4.98 Å². The van der Waals surface area contributed by atoms with E-state index in [1.807, 2.05) is 0 Å². The smallest absolute Gasteiger partial charge is 0.416 e. The number of benzene rings is 1. The van der Waals surface area contributed by atoms with Crippen LogP contribution in [0.5, 0.6) is 0 Å². The molecule has 108 valence electrons. The van der Waals surface area contributed by atoms with Crippen molar-refractivity contribution in [3.05, 3.63) is 35.5 Å². The van der Waals surface area contributed by atoms with E-state index >= 15 is 0 Å². The van der Waals surface area contributed by atoms with Gasteiger partial charge in [-0.1, -0.05) is 6.07 Å². The molecule has 0 saturated carbocycles. The summed E-state index contributed by atoms with van der Waals surface area (Å²) in [7, 11) is 1.23. The lowest BCUT2D eigenvalue weighted by molar-refractivity contribution is -0.142. The molecule has 0 aliphatic rings. The topological polar surface area (TPSA) is 68.1 Å². The highest BCUT2D eigenvalue weighted by Crippen LogP contribution is 2.32. The van der Waals surface area contributed by atoms with E-state index in [0.717, 1.165) is 12.1 Å². The Morgan fingerprint density at radius 1 is 1.45 bits per heavy atom. The third-order valence-electron chi connectivity index (χ3n) is 3.04. The van der Waals surface area contributed by atoms with Gasteiger partial charge in [0.25, 0.3) is 0 Å². The third-order valence-corrected chi connectivity index (χ3v) is 3.04. The minimum Gasteiger partial charge on any atom is -0.468 e. The fourth-order valence-electron chi connectivity index (χ4n) is 2.00. The second-order valence-electron chi connectivity index (χ2n) is 4.41. The highest BCUT2D eigenvalue weighted by Gasteiger charge is 2.30. The number of hydrogen-bond acceptors (Lipinski definition) is 3. The Hall–Kier alpha value is -2.02. The minimum atomic E-state index is -4.39. The molecule has 0 aliphatic carbocycles. The van der Waals surface area contributed by atoms with Crippen LogP contribution in [0, 0.1) is 0 Å². The molecule has 2 aromatic rings. The quantitative estimate of drug-likeness (QED) is 0.850. The Morgan fingerprint density at radius 3 is 2.75 bits per heavy atom. The molecule has 0 amide bonds. The number of rotatable bonds is 3. The Labute approximate surface area is 112 Å². The van der Waals surface area contributed by atoms with Crippen LogP contribution < -0.4 is 5.73 Å². The van der Waals surface area contributed by atoms with E-state index in [1.165, 1.54) is 13.2 Å². The van der Waals surface area contributed by atoms with Gasteiger partial charge in [-0.2, -0.15) is 13.2 Å². The average Bonchev–Trinajstić information content (AvgIpc) is 2.79.